The second kappa shape index (κ2) is 6.01. The minimum atomic E-state index is -3.60. The number of aliphatic hydroxyl groups excluding tert-OH is 3. The lowest BCUT2D eigenvalue weighted by Gasteiger charge is -2.26. The average molecular weight is 258 g/mol. The summed E-state index contributed by atoms with van der Waals surface area (Å²) in [6.45, 7) is -0.966. The summed E-state index contributed by atoms with van der Waals surface area (Å²) < 4.78 is 13.7. The lowest BCUT2D eigenvalue weighted by atomic mass is 9.97. The van der Waals surface area contributed by atoms with Crippen LogP contribution >= 0.6 is 0 Å². The van der Waals surface area contributed by atoms with Gasteiger partial charge in [-0.15, -0.1) is 0 Å². The number of benzene rings is 1. The number of hydrogen-bond donors (Lipinski definition) is 4. The Morgan fingerprint density at radius 1 is 1.28 bits per heavy atom. The summed E-state index contributed by atoms with van der Waals surface area (Å²) >= 11 is 0. The first-order valence-corrected chi connectivity index (χ1v) is 5.35. The highest BCUT2D eigenvalue weighted by atomic mass is 19.2. The Bertz CT molecular complexity index is 393. The molecular weight excluding hydrogens is 243 g/mol. The summed E-state index contributed by atoms with van der Waals surface area (Å²) in [5.74, 6) is -4.88. The predicted molar refractivity (Wildman–Crippen MR) is 60.3 cm³/mol. The average Bonchev–Trinajstić information content (AvgIpc) is 2.37. The number of hydrogen-bond acceptors (Lipinski definition) is 5. The predicted octanol–water partition coefficient (Wildman–Crippen LogP) is -0.830. The normalized spacial score (nSPS) is 17.8. The highest BCUT2D eigenvalue weighted by Crippen LogP contribution is 2.19. The third-order valence-electron chi connectivity index (χ3n) is 2.54. The first-order chi connectivity index (χ1) is 8.39. The summed E-state index contributed by atoms with van der Waals surface area (Å²) in [7, 11) is 0. The van der Waals surface area contributed by atoms with Crippen molar-refractivity contribution in [3.63, 3.8) is 0 Å². The molecule has 0 radical (unpaired) electrons. The monoisotopic (exact) mass is 258 g/mol. The van der Waals surface area contributed by atoms with Crippen molar-refractivity contribution in [1.29, 1.82) is 0 Å². The molecule has 6 heteroatoms. The fraction of sp³-hybridized carbons (Fsp3) is 0.417. The van der Waals surface area contributed by atoms with Crippen molar-refractivity contribution in [2.24, 2.45) is 0 Å². The van der Waals surface area contributed by atoms with E-state index in [1.807, 2.05) is 0 Å². The van der Waals surface area contributed by atoms with Gasteiger partial charge in [-0.05, 0) is 5.56 Å². The van der Waals surface area contributed by atoms with Crippen LogP contribution in [0.1, 0.15) is 5.56 Å². The molecule has 0 aromatic heterocycles. The van der Waals surface area contributed by atoms with Gasteiger partial charge >= 0.3 is 0 Å². The number of alkyl halides is 1. The van der Waals surface area contributed by atoms with E-state index in [4.69, 9.17) is 10.2 Å². The molecule has 0 amide bonds. The molecule has 18 heavy (non-hydrogen) atoms. The van der Waals surface area contributed by atoms with Crippen LogP contribution in [0.15, 0.2) is 30.3 Å². The second-order valence-electron chi connectivity index (χ2n) is 3.95. The molecule has 100 valence electrons. The number of aliphatic hydroxyl groups is 4. The van der Waals surface area contributed by atoms with Gasteiger partial charge in [0.15, 0.2) is 0 Å². The van der Waals surface area contributed by atoms with E-state index in [9.17, 15) is 19.4 Å². The summed E-state index contributed by atoms with van der Waals surface area (Å²) in [5, 5.41) is 36.1. The second-order valence-corrected chi connectivity index (χ2v) is 3.95. The lowest BCUT2D eigenvalue weighted by Crippen LogP contribution is -2.53. The molecular formula is C12H15FO5. The molecule has 0 aliphatic carbocycles. The molecule has 1 rings (SSSR count). The van der Waals surface area contributed by atoms with E-state index >= 15 is 0 Å². The van der Waals surface area contributed by atoms with Crippen molar-refractivity contribution >= 4 is 5.78 Å². The van der Waals surface area contributed by atoms with Gasteiger partial charge in [0.1, 0.15) is 12.2 Å². The van der Waals surface area contributed by atoms with Crippen molar-refractivity contribution in [2.75, 3.05) is 6.61 Å². The molecule has 4 N–H and O–H groups in total. The molecule has 0 aliphatic rings. The Morgan fingerprint density at radius 2 is 1.83 bits per heavy atom. The zero-order valence-electron chi connectivity index (χ0n) is 9.53. The molecule has 5 nitrogen and oxygen atoms in total. The van der Waals surface area contributed by atoms with Crippen LogP contribution in [0.4, 0.5) is 4.39 Å². The van der Waals surface area contributed by atoms with Crippen molar-refractivity contribution in [3.8, 4) is 0 Å². The van der Waals surface area contributed by atoms with E-state index < -0.39 is 36.9 Å². The largest absolute Gasteiger partial charge is 0.394 e. The Morgan fingerprint density at radius 3 is 2.33 bits per heavy atom. The van der Waals surface area contributed by atoms with Crippen LogP contribution in [0.2, 0.25) is 0 Å². The van der Waals surface area contributed by atoms with E-state index in [0.29, 0.717) is 5.56 Å². The van der Waals surface area contributed by atoms with Gasteiger partial charge in [0, 0.05) is 6.42 Å². The van der Waals surface area contributed by atoms with Crippen LogP contribution in [0.3, 0.4) is 0 Å². The Balaban J connectivity index is 2.76. The van der Waals surface area contributed by atoms with Gasteiger partial charge in [-0.25, -0.2) is 4.39 Å². The molecule has 0 saturated carbocycles. The number of ketones is 1. The maximum Gasteiger partial charge on any atom is 0.295 e. The Kier molecular flexibility index (Phi) is 4.92. The zero-order chi connectivity index (χ0) is 13.8. The minimum Gasteiger partial charge on any atom is -0.394 e. The molecule has 1 aromatic carbocycles. The van der Waals surface area contributed by atoms with E-state index in [2.05, 4.69) is 0 Å². The van der Waals surface area contributed by atoms with Crippen molar-refractivity contribution < 1.29 is 29.6 Å². The standard InChI is InChI=1S/C12H15FO5/c13-12(18,11(17)9(15)7-14)10(16)6-8-4-2-1-3-5-8/h1-5,9,11,14-15,17-18H,6-7H2/t9-,11-,12+/m1/s1. The molecule has 0 spiro atoms. The summed E-state index contributed by atoms with van der Waals surface area (Å²) in [6.07, 6.45) is -4.75. The van der Waals surface area contributed by atoms with Crippen molar-refractivity contribution in [2.45, 2.75) is 24.5 Å². The van der Waals surface area contributed by atoms with Crippen LogP contribution in [0.25, 0.3) is 0 Å². The maximum atomic E-state index is 13.7. The van der Waals surface area contributed by atoms with Gasteiger partial charge in [-0.1, -0.05) is 30.3 Å². The molecule has 0 aliphatic heterocycles. The number of rotatable bonds is 6. The van der Waals surface area contributed by atoms with Crippen LogP contribution in [-0.4, -0.2) is 50.9 Å². The third-order valence-corrected chi connectivity index (χ3v) is 2.54. The van der Waals surface area contributed by atoms with E-state index in [1.165, 1.54) is 0 Å². The molecule has 0 saturated heterocycles. The molecule has 0 heterocycles. The van der Waals surface area contributed by atoms with Crippen molar-refractivity contribution in [1.82, 2.24) is 0 Å². The zero-order valence-corrected chi connectivity index (χ0v) is 9.53. The quantitative estimate of drug-likeness (QED) is 0.534. The van der Waals surface area contributed by atoms with Crippen LogP contribution in [0.5, 0.6) is 0 Å². The molecule has 1 aromatic rings. The van der Waals surface area contributed by atoms with Crippen LogP contribution in [0, 0.1) is 0 Å². The lowest BCUT2D eigenvalue weighted by molar-refractivity contribution is -0.205. The first kappa shape index (κ1) is 14.7. The number of carbonyl (C=O) groups is 1. The SMILES string of the molecule is O=C(Cc1ccccc1)[C@@](O)(F)[C@H](O)[C@H](O)CO. The van der Waals surface area contributed by atoms with Gasteiger partial charge in [-0.3, -0.25) is 4.79 Å². The van der Waals surface area contributed by atoms with Crippen LogP contribution < -0.4 is 0 Å². The van der Waals surface area contributed by atoms with Gasteiger partial charge in [-0.2, -0.15) is 0 Å². The van der Waals surface area contributed by atoms with Gasteiger partial charge in [0.05, 0.1) is 6.61 Å². The van der Waals surface area contributed by atoms with Gasteiger partial charge < -0.3 is 20.4 Å². The molecule has 0 bridgehead atoms. The summed E-state index contributed by atoms with van der Waals surface area (Å²) in [4.78, 5) is 11.5. The van der Waals surface area contributed by atoms with Gasteiger partial charge in [0.2, 0.25) is 5.78 Å². The van der Waals surface area contributed by atoms with Gasteiger partial charge in [0.25, 0.3) is 5.85 Å². The molecule has 0 fully saturated rings. The number of carbonyl (C=O) groups excluding carboxylic acids is 1. The van der Waals surface area contributed by atoms with E-state index in [-0.39, 0.29) is 0 Å². The van der Waals surface area contributed by atoms with Crippen molar-refractivity contribution in [3.05, 3.63) is 35.9 Å². The summed E-state index contributed by atoms with van der Waals surface area (Å²) in [6, 6.07) is 8.10. The third kappa shape index (κ3) is 3.33. The first-order valence-electron chi connectivity index (χ1n) is 5.35. The molecule has 0 unspecified atom stereocenters. The topological polar surface area (TPSA) is 98.0 Å². The molecule has 3 atom stereocenters. The smallest absolute Gasteiger partial charge is 0.295 e. The number of halogens is 1. The Hall–Kier alpha value is -1.34. The number of Topliss-reactive ketones (excluding diaryl/α,β-unsaturated/α-hetero) is 1. The highest BCUT2D eigenvalue weighted by molar-refractivity contribution is 5.88. The Labute approximate surface area is 103 Å². The fourth-order valence-electron chi connectivity index (χ4n) is 1.42. The minimum absolute atomic E-state index is 0.428. The fourth-order valence-corrected chi connectivity index (χ4v) is 1.42. The van der Waals surface area contributed by atoms with E-state index in [1.54, 1.807) is 30.3 Å². The van der Waals surface area contributed by atoms with E-state index in [0.717, 1.165) is 0 Å². The highest BCUT2D eigenvalue weighted by Gasteiger charge is 2.46. The maximum absolute atomic E-state index is 13.7. The van der Waals surface area contributed by atoms with Crippen LogP contribution in [-0.2, 0) is 11.2 Å². The summed E-state index contributed by atoms with van der Waals surface area (Å²) in [5.41, 5.74) is 0.462.